The van der Waals surface area contributed by atoms with Crippen molar-refractivity contribution in [1.82, 2.24) is 4.98 Å². The van der Waals surface area contributed by atoms with E-state index in [0.29, 0.717) is 12.4 Å². The summed E-state index contributed by atoms with van der Waals surface area (Å²) in [6.07, 6.45) is 2.70. The summed E-state index contributed by atoms with van der Waals surface area (Å²) in [7, 11) is 1.63. The Balaban J connectivity index is 2.38. The van der Waals surface area contributed by atoms with E-state index in [1.807, 2.05) is 18.2 Å². The highest BCUT2D eigenvalue weighted by atomic mass is 16.5. The number of rotatable bonds is 6. The van der Waals surface area contributed by atoms with Crippen molar-refractivity contribution in [2.45, 2.75) is 13.3 Å². The second-order valence-electron chi connectivity index (χ2n) is 4.64. The Hall–Kier alpha value is -2.07. The van der Waals surface area contributed by atoms with Crippen molar-refractivity contribution < 1.29 is 4.74 Å². The molecule has 1 heterocycles. The van der Waals surface area contributed by atoms with Gasteiger partial charge in [-0.2, -0.15) is 0 Å². The second-order valence-corrected chi connectivity index (χ2v) is 4.64. The van der Waals surface area contributed by atoms with Gasteiger partial charge in [-0.25, -0.2) is 4.98 Å². The first-order chi connectivity index (χ1) is 9.76. The smallest absolute Gasteiger partial charge is 0.214 e. The van der Waals surface area contributed by atoms with Crippen molar-refractivity contribution in [3.05, 3.63) is 48.2 Å². The highest BCUT2D eigenvalue weighted by Crippen LogP contribution is 2.29. The molecule has 2 aromatic rings. The number of ether oxygens (including phenoxy) is 1. The van der Waals surface area contributed by atoms with E-state index in [4.69, 9.17) is 10.5 Å². The van der Waals surface area contributed by atoms with Crippen LogP contribution in [0.2, 0.25) is 0 Å². The van der Waals surface area contributed by atoms with Gasteiger partial charge in [0.15, 0.2) is 0 Å². The maximum atomic E-state index is 5.66. The molecule has 4 heteroatoms. The molecule has 4 nitrogen and oxygen atoms in total. The summed E-state index contributed by atoms with van der Waals surface area (Å²) < 4.78 is 5.21. The number of benzene rings is 1. The first-order valence-corrected chi connectivity index (χ1v) is 6.79. The van der Waals surface area contributed by atoms with E-state index in [9.17, 15) is 0 Å². The zero-order chi connectivity index (χ0) is 14.4. The Bertz CT molecular complexity index is 557. The monoisotopic (exact) mass is 271 g/mol. The van der Waals surface area contributed by atoms with E-state index in [-0.39, 0.29) is 0 Å². The SMILES string of the molecule is COc1cc(N(CCCN)c2ccccc2C)ccn1. The highest BCUT2D eigenvalue weighted by Gasteiger charge is 2.12. The quantitative estimate of drug-likeness (QED) is 0.877. The number of pyridine rings is 1. The first kappa shape index (κ1) is 14.3. The van der Waals surface area contributed by atoms with Crippen LogP contribution in [0, 0.1) is 6.92 Å². The van der Waals surface area contributed by atoms with Gasteiger partial charge < -0.3 is 15.4 Å². The third-order valence-electron chi connectivity index (χ3n) is 3.23. The molecule has 0 atom stereocenters. The molecule has 1 aromatic heterocycles. The number of aromatic nitrogens is 1. The number of nitrogens with two attached hydrogens (primary N) is 1. The predicted octanol–water partition coefficient (Wildman–Crippen LogP) is 2.89. The molecule has 106 valence electrons. The minimum Gasteiger partial charge on any atom is -0.481 e. The van der Waals surface area contributed by atoms with Crippen LogP contribution in [0.5, 0.6) is 5.88 Å². The van der Waals surface area contributed by atoms with E-state index < -0.39 is 0 Å². The largest absolute Gasteiger partial charge is 0.481 e. The molecule has 0 saturated carbocycles. The van der Waals surface area contributed by atoms with Crippen LogP contribution in [0.25, 0.3) is 0 Å². The maximum absolute atomic E-state index is 5.66. The van der Waals surface area contributed by atoms with E-state index in [1.165, 1.54) is 11.3 Å². The minimum atomic E-state index is 0.619. The van der Waals surface area contributed by atoms with Gasteiger partial charge >= 0.3 is 0 Å². The van der Waals surface area contributed by atoms with Crippen LogP contribution in [0.3, 0.4) is 0 Å². The van der Waals surface area contributed by atoms with Crippen LogP contribution in [-0.4, -0.2) is 25.2 Å². The van der Waals surface area contributed by atoms with E-state index >= 15 is 0 Å². The molecule has 2 rings (SSSR count). The molecule has 20 heavy (non-hydrogen) atoms. The summed E-state index contributed by atoms with van der Waals surface area (Å²) in [6.45, 7) is 3.66. The van der Waals surface area contributed by atoms with Gasteiger partial charge in [0, 0.05) is 30.2 Å². The molecule has 0 saturated heterocycles. The lowest BCUT2D eigenvalue weighted by Crippen LogP contribution is -2.21. The van der Waals surface area contributed by atoms with Crippen molar-refractivity contribution in [2.75, 3.05) is 25.1 Å². The Labute approximate surface area is 120 Å². The van der Waals surface area contributed by atoms with Crippen molar-refractivity contribution in [1.29, 1.82) is 0 Å². The molecule has 0 amide bonds. The Kier molecular flexibility index (Phi) is 4.96. The van der Waals surface area contributed by atoms with Crippen LogP contribution in [0.1, 0.15) is 12.0 Å². The Morgan fingerprint density at radius 2 is 2.05 bits per heavy atom. The minimum absolute atomic E-state index is 0.619. The molecule has 2 N–H and O–H groups in total. The normalized spacial score (nSPS) is 10.3. The summed E-state index contributed by atoms with van der Waals surface area (Å²) in [5, 5.41) is 0. The van der Waals surface area contributed by atoms with Gasteiger partial charge in [-0.1, -0.05) is 18.2 Å². The molecule has 0 spiro atoms. The fourth-order valence-electron chi connectivity index (χ4n) is 2.18. The van der Waals surface area contributed by atoms with Crippen LogP contribution in [0.4, 0.5) is 11.4 Å². The standard InChI is InChI=1S/C16H21N3O/c1-13-6-3-4-7-15(13)19(11-5-9-17)14-8-10-18-16(12-14)20-2/h3-4,6-8,10,12H,5,9,11,17H2,1-2H3. The van der Waals surface area contributed by atoms with Crippen LogP contribution in [-0.2, 0) is 0 Å². The maximum Gasteiger partial charge on any atom is 0.214 e. The average Bonchev–Trinajstić information content (AvgIpc) is 2.49. The summed E-state index contributed by atoms with van der Waals surface area (Å²) in [5.41, 5.74) is 9.16. The van der Waals surface area contributed by atoms with Gasteiger partial charge in [0.25, 0.3) is 0 Å². The fraction of sp³-hybridized carbons (Fsp3) is 0.312. The van der Waals surface area contributed by atoms with Gasteiger partial charge in [-0.05, 0) is 37.6 Å². The lowest BCUT2D eigenvalue weighted by atomic mass is 10.1. The molecule has 0 unspecified atom stereocenters. The average molecular weight is 271 g/mol. The van der Waals surface area contributed by atoms with Crippen molar-refractivity contribution in [3.63, 3.8) is 0 Å². The lowest BCUT2D eigenvalue weighted by Gasteiger charge is -2.26. The zero-order valence-electron chi connectivity index (χ0n) is 12.0. The molecule has 0 aliphatic heterocycles. The van der Waals surface area contributed by atoms with Gasteiger partial charge in [-0.15, -0.1) is 0 Å². The van der Waals surface area contributed by atoms with Gasteiger partial charge in [0.1, 0.15) is 0 Å². The molecule has 0 fully saturated rings. The fourth-order valence-corrected chi connectivity index (χ4v) is 2.18. The van der Waals surface area contributed by atoms with Gasteiger partial charge in [-0.3, -0.25) is 0 Å². The van der Waals surface area contributed by atoms with Crippen molar-refractivity contribution in [3.8, 4) is 5.88 Å². The van der Waals surface area contributed by atoms with Gasteiger partial charge in [0.2, 0.25) is 5.88 Å². The Morgan fingerprint density at radius 1 is 1.25 bits per heavy atom. The number of aryl methyl sites for hydroxylation is 1. The molecular weight excluding hydrogens is 250 g/mol. The second kappa shape index (κ2) is 6.91. The zero-order valence-corrected chi connectivity index (χ0v) is 12.0. The molecule has 0 aliphatic carbocycles. The number of para-hydroxylation sites is 1. The van der Waals surface area contributed by atoms with Crippen LogP contribution in [0.15, 0.2) is 42.6 Å². The molecular formula is C16H21N3O. The summed E-state index contributed by atoms with van der Waals surface area (Å²) in [6, 6.07) is 12.3. The third kappa shape index (κ3) is 3.27. The topological polar surface area (TPSA) is 51.4 Å². The first-order valence-electron chi connectivity index (χ1n) is 6.79. The Morgan fingerprint density at radius 3 is 2.75 bits per heavy atom. The predicted molar refractivity (Wildman–Crippen MR) is 82.6 cm³/mol. The molecule has 0 radical (unpaired) electrons. The van der Waals surface area contributed by atoms with E-state index in [1.54, 1.807) is 13.3 Å². The number of hydrogen-bond donors (Lipinski definition) is 1. The lowest BCUT2D eigenvalue weighted by molar-refractivity contribution is 0.398. The molecule has 0 bridgehead atoms. The van der Waals surface area contributed by atoms with E-state index in [0.717, 1.165) is 18.7 Å². The van der Waals surface area contributed by atoms with Crippen molar-refractivity contribution in [2.24, 2.45) is 5.73 Å². The van der Waals surface area contributed by atoms with E-state index in [2.05, 4.69) is 35.0 Å². The van der Waals surface area contributed by atoms with Crippen LogP contribution < -0.4 is 15.4 Å². The van der Waals surface area contributed by atoms with Gasteiger partial charge in [0.05, 0.1) is 7.11 Å². The number of hydrogen-bond acceptors (Lipinski definition) is 4. The number of methoxy groups -OCH3 is 1. The third-order valence-corrected chi connectivity index (χ3v) is 3.23. The molecule has 1 aromatic carbocycles. The number of anilines is 2. The number of nitrogens with zero attached hydrogens (tertiary/aromatic N) is 2. The highest BCUT2D eigenvalue weighted by molar-refractivity contribution is 5.66. The summed E-state index contributed by atoms with van der Waals surface area (Å²) in [4.78, 5) is 6.42. The van der Waals surface area contributed by atoms with Crippen LogP contribution >= 0.6 is 0 Å². The van der Waals surface area contributed by atoms with Crippen molar-refractivity contribution >= 4 is 11.4 Å². The summed E-state index contributed by atoms with van der Waals surface area (Å²) >= 11 is 0. The molecule has 0 aliphatic rings. The summed E-state index contributed by atoms with van der Waals surface area (Å²) in [5.74, 6) is 0.619.